The van der Waals surface area contributed by atoms with Crippen LogP contribution in [0, 0.1) is 17.7 Å². The number of likely N-dealkylation sites (tertiary alicyclic amines) is 1. The van der Waals surface area contributed by atoms with Crippen LogP contribution in [0.2, 0.25) is 0 Å². The number of carbonyl (C=O) groups excluding carboxylic acids is 1. The zero-order chi connectivity index (χ0) is 29.2. The molecule has 6 rings (SSSR count). The minimum atomic E-state index is -0.358. The molecule has 222 valence electrons. The number of pyridine rings is 1. The van der Waals surface area contributed by atoms with Gasteiger partial charge in [0.15, 0.2) is 0 Å². The molecule has 3 atom stereocenters. The van der Waals surface area contributed by atoms with Crippen molar-refractivity contribution in [1.82, 2.24) is 9.88 Å². The molecule has 0 spiro atoms. The van der Waals surface area contributed by atoms with Crippen LogP contribution in [0.1, 0.15) is 79.7 Å². The van der Waals surface area contributed by atoms with Gasteiger partial charge in [0.2, 0.25) is 5.88 Å². The van der Waals surface area contributed by atoms with Crippen molar-refractivity contribution in [3.05, 3.63) is 76.7 Å². The van der Waals surface area contributed by atoms with Gasteiger partial charge in [0, 0.05) is 18.2 Å². The van der Waals surface area contributed by atoms with Gasteiger partial charge >= 0.3 is 5.97 Å². The summed E-state index contributed by atoms with van der Waals surface area (Å²) < 4.78 is 32.2. The number of fused-ring (bicyclic) bond motifs is 1. The maximum atomic E-state index is 15.0. The summed E-state index contributed by atoms with van der Waals surface area (Å²) in [6.45, 7) is 4.85. The van der Waals surface area contributed by atoms with Crippen LogP contribution in [0.5, 0.6) is 11.6 Å². The quantitative estimate of drug-likeness (QED) is 0.252. The third-order valence-corrected chi connectivity index (χ3v) is 9.61. The zero-order valence-electron chi connectivity index (χ0n) is 24.9. The molecule has 2 fully saturated rings. The van der Waals surface area contributed by atoms with Gasteiger partial charge in [-0.1, -0.05) is 43.7 Å². The predicted molar refractivity (Wildman–Crippen MR) is 160 cm³/mol. The van der Waals surface area contributed by atoms with Crippen molar-refractivity contribution in [3.8, 4) is 22.8 Å². The first-order chi connectivity index (χ1) is 20.4. The Morgan fingerprint density at radius 1 is 1.05 bits per heavy atom. The van der Waals surface area contributed by atoms with Gasteiger partial charge in [-0.3, -0.25) is 9.69 Å². The molecule has 1 saturated heterocycles. The van der Waals surface area contributed by atoms with Gasteiger partial charge in [0.05, 0.1) is 26.3 Å². The molecule has 0 bridgehead atoms. The summed E-state index contributed by atoms with van der Waals surface area (Å²) in [6, 6.07) is 14.5. The highest BCUT2D eigenvalue weighted by atomic mass is 19.1. The molecule has 2 aromatic carbocycles. The van der Waals surface area contributed by atoms with E-state index in [9.17, 15) is 4.79 Å². The number of carbonyl (C=O) groups is 1. The van der Waals surface area contributed by atoms with Crippen LogP contribution >= 0.6 is 0 Å². The Morgan fingerprint density at radius 2 is 1.86 bits per heavy atom. The van der Waals surface area contributed by atoms with Crippen LogP contribution in [0.25, 0.3) is 11.1 Å². The first kappa shape index (κ1) is 28.7. The lowest BCUT2D eigenvalue weighted by molar-refractivity contribution is -0.146. The molecule has 7 heteroatoms. The van der Waals surface area contributed by atoms with Crippen molar-refractivity contribution in [3.63, 3.8) is 0 Å². The molecule has 1 aromatic heterocycles. The number of aromatic nitrogens is 1. The van der Waals surface area contributed by atoms with Crippen molar-refractivity contribution < 1.29 is 23.4 Å². The SMILES string of the molecule is COC(=O)[C@@H](C)[C@H](c1ccc2c(c1)OC(c1ccc(-c3cc(OC)ncc3F)c(CN3CCCC3)c1)CC2)C1CCC1. The van der Waals surface area contributed by atoms with Gasteiger partial charge in [0.1, 0.15) is 17.7 Å². The molecule has 3 aliphatic rings. The minimum absolute atomic E-state index is 0.101. The fourth-order valence-corrected chi connectivity index (χ4v) is 7.06. The Morgan fingerprint density at radius 3 is 2.57 bits per heavy atom. The van der Waals surface area contributed by atoms with E-state index in [0.717, 1.165) is 73.3 Å². The van der Waals surface area contributed by atoms with Crippen LogP contribution < -0.4 is 9.47 Å². The third-order valence-electron chi connectivity index (χ3n) is 9.61. The lowest BCUT2D eigenvalue weighted by Crippen LogP contribution is -2.30. The number of halogens is 1. The Kier molecular flexibility index (Phi) is 8.48. The van der Waals surface area contributed by atoms with E-state index in [4.69, 9.17) is 14.2 Å². The fraction of sp³-hybridized carbons (Fsp3) is 0.486. The van der Waals surface area contributed by atoms with Crippen molar-refractivity contribution in [2.45, 2.75) is 70.4 Å². The molecule has 3 aromatic rings. The van der Waals surface area contributed by atoms with Gasteiger partial charge in [-0.25, -0.2) is 9.37 Å². The van der Waals surface area contributed by atoms with E-state index in [1.165, 1.54) is 38.1 Å². The maximum absolute atomic E-state index is 15.0. The topological polar surface area (TPSA) is 60.9 Å². The smallest absolute Gasteiger partial charge is 0.309 e. The number of methoxy groups -OCH3 is 2. The summed E-state index contributed by atoms with van der Waals surface area (Å²) in [7, 11) is 3.02. The Labute approximate surface area is 248 Å². The number of rotatable bonds is 9. The third kappa shape index (κ3) is 5.76. The molecule has 1 aliphatic carbocycles. The van der Waals surface area contributed by atoms with Gasteiger partial charge < -0.3 is 14.2 Å². The predicted octanol–water partition coefficient (Wildman–Crippen LogP) is 7.25. The number of benzene rings is 2. The standard InChI is InChI=1S/C35H41FN2O4/c1-22(35(39)41-3)34(24-7-6-8-24)26-10-9-23-12-14-31(42-32(23)18-26)25-11-13-28(27(17-25)21-38-15-4-5-16-38)29-19-33(40-2)37-20-30(29)36/h9-11,13,17-20,22,24,31,34H,4-8,12,14-16,21H2,1-3H3/t22-,31?,34-/m0/s1. The molecule has 1 unspecified atom stereocenters. The van der Waals surface area contributed by atoms with Crippen LogP contribution in [0.3, 0.4) is 0 Å². The maximum Gasteiger partial charge on any atom is 0.309 e. The molecule has 0 N–H and O–H groups in total. The highest BCUT2D eigenvalue weighted by molar-refractivity contribution is 5.73. The van der Waals surface area contributed by atoms with Crippen molar-refractivity contribution in [2.24, 2.45) is 11.8 Å². The van der Waals surface area contributed by atoms with Crippen LogP contribution in [-0.2, 0) is 22.5 Å². The number of hydrogen-bond acceptors (Lipinski definition) is 6. The number of esters is 1. The summed E-state index contributed by atoms with van der Waals surface area (Å²) in [4.78, 5) is 19.0. The van der Waals surface area contributed by atoms with Crippen LogP contribution in [0.4, 0.5) is 4.39 Å². The molecular formula is C35H41FN2O4. The second-order valence-corrected chi connectivity index (χ2v) is 12.1. The largest absolute Gasteiger partial charge is 0.485 e. The van der Waals surface area contributed by atoms with E-state index in [0.29, 0.717) is 17.4 Å². The van der Waals surface area contributed by atoms with E-state index in [1.54, 1.807) is 13.2 Å². The average molecular weight is 573 g/mol. The van der Waals surface area contributed by atoms with E-state index in [-0.39, 0.29) is 29.7 Å². The van der Waals surface area contributed by atoms with Crippen LogP contribution in [-0.4, -0.2) is 43.2 Å². The Hall–Kier alpha value is -3.45. The van der Waals surface area contributed by atoms with Crippen molar-refractivity contribution >= 4 is 5.97 Å². The van der Waals surface area contributed by atoms with E-state index in [2.05, 4.69) is 40.2 Å². The first-order valence-corrected chi connectivity index (χ1v) is 15.4. The van der Waals surface area contributed by atoms with Crippen LogP contribution in [0.15, 0.2) is 48.7 Å². The molecule has 3 heterocycles. The van der Waals surface area contributed by atoms with E-state index in [1.807, 2.05) is 13.0 Å². The number of ether oxygens (including phenoxy) is 3. The average Bonchev–Trinajstić information content (AvgIpc) is 3.51. The van der Waals surface area contributed by atoms with Gasteiger partial charge in [-0.2, -0.15) is 0 Å². The lowest BCUT2D eigenvalue weighted by Gasteiger charge is -2.37. The van der Waals surface area contributed by atoms with Crippen molar-refractivity contribution in [1.29, 1.82) is 0 Å². The number of nitrogens with zero attached hydrogens (tertiary/aromatic N) is 2. The van der Waals surface area contributed by atoms with Gasteiger partial charge in [-0.15, -0.1) is 0 Å². The summed E-state index contributed by atoms with van der Waals surface area (Å²) in [5, 5.41) is 0. The molecule has 1 saturated carbocycles. The molecule has 2 aliphatic heterocycles. The minimum Gasteiger partial charge on any atom is -0.485 e. The van der Waals surface area contributed by atoms with Gasteiger partial charge in [-0.05, 0) is 97.3 Å². The van der Waals surface area contributed by atoms with E-state index < -0.39 is 0 Å². The normalized spacial score (nSPS) is 20.2. The molecule has 0 amide bonds. The molecular weight excluding hydrogens is 531 g/mol. The van der Waals surface area contributed by atoms with Crippen molar-refractivity contribution in [2.75, 3.05) is 27.3 Å². The summed E-state index contributed by atoms with van der Waals surface area (Å²) in [5.41, 5.74) is 5.91. The van der Waals surface area contributed by atoms with Gasteiger partial charge in [0.25, 0.3) is 0 Å². The Bertz CT molecular complexity index is 1430. The summed E-state index contributed by atoms with van der Waals surface area (Å²) in [6.07, 6.45) is 8.80. The van der Waals surface area contributed by atoms with E-state index >= 15 is 4.39 Å². The summed E-state index contributed by atoms with van der Waals surface area (Å²) >= 11 is 0. The second-order valence-electron chi connectivity index (χ2n) is 12.1. The first-order valence-electron chi connectivity index (χ1n) is 15.4. The highest BCUT2D eigenvalue weighted by Crippen LogP contribution is 2.46. The highest BCUT2D eigenvalue weighted by Gasteiger charge is 2.37. The molecule has 6 nitrogen and oxygen atoms in total. The molecule has 42 heavy (non-hydrogen) atoms. The Balaban J connectivity index is 1.31. The summed E-state index contributed by atoms with van der Waals surface area (Å²) in [5.74, 6) is 1.20. The zero-order valence-corrected chi connectivity index (χ0v) is 24.9. The second kappa shape index (κ2) is 12.4. The monoisotopic (exact) mass is 572 g/mol. The molecule has 0 radical (unpaired) electrons. The number of aryl methyl sites for hydroxylation is 1. The fourth-order valence-electron chi connectivity index (χ4n) is 7.06. The number of hydrogen-bond donors (Lipinski definition) is 0. The lowest BCUT2D eigenvalue weighted by atomic mass is 9.68.